The molecule has 5 nitrogen and oxygen atoms in total. The van der Waals surface area contributed by atoms with Gasteiger partial charge < -0.3 is 15.1 Å². The lowest BCUT2D eigenvalue weighted by atomic mass is 10.1. The van der Waals surface area contributed by atoms with Crippen LogP contribution in [0.4, 0.5) is 0 Å². The highest BCUT2D eigenvalue weighted by Crippen LogP contribution is 2.08. The number of nitrogens with zero attached hydrogens (tertiary/aromatic N) is 2. The second-order valence-electron chi connectivity index (χ2n) is 4.64. The number of rotatable bonds is 5. The highest BCUT2D eigenvalue weighted by Gasteiger charge is 2.25. The molecule has 0 aliphatic carbocycles. The molecule has 1 saturated heterocycles. The highest BCUT2D eigenvalue weighted by molar-refractivity contribution is 5.72. The number of hydrogen-bond acceptors (Lipinski definition) is 4. The summed E-state index contributed by atoms with van der Waals surface area (Å²) in [5, 5.41) is 17.9. The Bertz CT molecular complexity index is 227. The van der Waals surface area contributed by atoms with Crippen molar-refractivity contribution in [3.8, 4) is 0 Å². The van der Waals surface area contributed by atoms with E-state index in [4.69, 9.17) is 10.2 Å². The number of aliphatic carboxylic acids is 1. The molecule has 0 aromatic carbocycles. The van der Waals surface area contributed by atoms with Crippen molar-refractivity contribution in [2.75, 3.05) is 39.3 Å². The van der Waals surface area contributed by atoms with Crippen LogP contribution in [0.15, 0.2) is 0 Å². The van der Waals surface area contributed by atoms with Gasteiger partial charge >= 0.3 is 5.97 Å². The number of hydrogen-bond donors (Lipinski definition) is 2. The van der Waals surface area contributed by atoms with Crippen LogP contribution in [0.1, 0.15) is 13.8 Å². The van der Waals surface area contributed by atoms with Crippen LogP contribution >= 0.6 is 0 Å². The van der Waals surface area contributed by atoms with Gasteiger partial charge in [0.1, 0.15) is 6.04 Å². The Kier molecular flexibility index (Phi) is 5.18. The van der Waals surface area contributed by atoms with Gasteiger partial charge in [-0.25, -0.2) is 0 Å². The molecule has 1 fully saturated rings. The molecule has 0 aromatic rings. The fraction of sp³-hybridized carbons (Fsp3) is 0.909. The minimum absolute atomic E-state index is 0.214. The van der Waals surface area contributed by atoms with Crippen LogP contribution in [0.25, 0.3) is 0 Å². The molecule has 0 spiro atoms. The van der Waals surface area contributed by atoms with Crippen LogP contribution in [0, 0.1) is 5.92 Å². The van der Waals surface area contributed by atoms with Gasteiger partial charge in [0.25, 0.3) is 0 Å². The van der Waals surface area contributed by atoms with Crippen molar-refractivity contribution >= 4 is 5.97 Å². The van der Waals surface area contributed by atoms with Crippen LogP contribution in [-0.4, -0.2) is 71.4 Å². The van der Waals surface area contributed by atoms with Gasteiger partial charge in [-0.2, -0.15) is 0 Å². The van der Waals surface area contributed by atoms with Gasteiger partial charge in [0.15, 0.2) is 0 Å². The minimum atomic E-state index is -0.753. The molecule has 1 aliphatic rings. The van der Waals surface area contributed by atoms with Crippen molar-refractivity contribution in [2.45, 2.75) is 19.9 Å². The Morgan fingerprint density at radius 2 is 1.81 bits per heavy atom. The monoisotopic (exact) mass is 230 g/mol. The number of carboxylic acids is 1. The summed E-state index contributed by atoms with van der Waals surface area (Å²) >= 11 is 0. The van der Waals surface area contributed by atoms with Gasteiger partial charge in [0, 0.05) is 39.3 Å². The third-order valence-electron chi connectivity index (χ3n) is 3.19. The molecule has 2 unspecified atom stereocenters. The number of carbonyl (C=O) groups is 1. The van der Waals surface area contributed by atoms with Gasteiger partial charge in [0.2, 0.25) is 0 Å². The Balaban J connectivity index is 2.31. The van der Waals surface area contributed by atoms with E-state index in [9.17, 15) is 4.79 Å². The van der Waals surface area contributed by atoms with Gasteiger partial charge in [-0.1, -0.05) is 6.92 Å². The van der Waals surface area contributed by atoms with Crippen molar-refractivity contribution in [3.63, 3.8) is 0 Å². The molecule has 1 rings (SSSR count). The number of carboxylic acid groups (broad SMARTS) is 1. The largest absolute Gasteiger partial charge is 0.480 e. The number of piperazine rings is 1. The molecule has 1 aliphatic heterocycles. The van der Waals surface area contributed by atoms with Crippen molar-refractivity contribution < 1.29 is 15.0 Å². The summed E-state index contributed by atoms with van der Waals surface area (Å²) in [5.41, 5.74) is 0. The van der Waals surface area contributed by atoms with Crippen LogP contribution < -0.4 is 0 Å². The maximum Gasteiger partial charge on any atom is 0.320 e. The fourth-order valence-corrected chi connectivity index (χ4v) is 1.99. The van der Waals surface area contributed by atoms with Crippen molar-refractivity contribution in [1.82, 2.24) is 9.80 Å². The minimum Gasteiger partial charge on any atom is -0.480 e. The van der Waals surface area contributed by atoms with Gasteiger partial charge in [-0.3, -0.25) is 9.69 Å². The third-order valence-corrected chi connectivity index (χ3v) is 3.19. The van der Waals surface area contributed by atoms with E-state index in [2.05, 4.69) is 4.90 Å². The molecular weight excluding hydrogens is 208 g/mol. The Morgan fingerprint density at radius 3 is 2.25 bits per heavy atom. The molecule has 16 heavy (non-hydrogen) atoms. The van der Waals surface area contributed by atoms with E-state index in [1.54, 1.807) is 6.92 Å². The molecule has 0 radical (unpaired) electrons. The molecule has 2 N–H and O–H groups in total. The van der Waals surface area contributed by atoms with Crippen molar-refractivity contribution in [3.05, 3.63) is 0 Å². The standard InChI is InChI=1S/C11H22N2O3/c1-9(8-14)7-12-3-5-13(6-4-12)10(2)11(15)16/h9-10,14H,3-8H2,1-2H3,(H,15,16). The zero-order valence-corrected chi connectivity index (χ0v) is 10.1. The molecule has 0 saturated carbocycles. The van der Waals surface area contributed by atoms with Crippen LogP contribution in [0.5, 0.6) is 0 Å². The molecule has 5 heteroatoms. The predicted molar refractivity (Wildman–Crippen MR) is 61.4 cm³/mol. The lowest BCUT2D eigenvalue weighted by molar-refractivity contribution is -0.143. The quantitative estimate of drug-likeness (QED) is 0.679. The summed E-state index contributed by atoms with van der Waals surface area (Å²) in [4.78, 5) is 15.1. The third kappa shape index (κ3) is 3.73. The maximum absolute atomic E-state index is 10.8. The van der Waals surface area contributed by atoms with E-state index in [-0.39, 0.29) is 6.61 Å². The summed E-state index contributed by atoms with van der Waals surface area (Å²) in [5.74, 6) is -0.458. The first-order valence-electron chi connectivity index (χ1n) is 5.84. The first kappa shape index (κ1) is 13.4. The van der Waals surface area contributed by atoms with Crippen LogP contribution in [-0.2, 0) is 4.79 Å². The van der Waals surface area contributed by atoms with E-state index in [0.717, 1.165) is 32.7 Å². The Morgan fingerprint density at radius 1 is 1.25 bits per heavy atom. The molecule has 1 heterocycles. The predicted octanol–water partition coefficient (Wildman–Crippen LogP) is -0.294. The Labute approximate surface area is 96.7 Å². The van der Waals surface area contributed by atoms with Crippen LogP contribution in [0.3, 0.4) is 0 Å². The Hall–Kier alpha value is -0.650. The first-order valence-corrected chi connectivity index (χ1v) is 5.84. The molecule has 2 atom stereocenters. The first-order chi connectivity index (χ1) is 7.54. The summed E-state index contributed by atoms with van der Waals surface area (Å²) in [6, 6.07) is -0.391. The summed E-state index contributed by atoms with van der Waals surface area (Å²) in [6.45, 7) is 8.24. The van der Waals surface area contributed by atoms with Gasteiger partial charge in [0.05, 0.1) is 0 Å². The normalized spacial score (nSPS) is 22.9. The zero-order valence-electron chi connectivity index (χ0n) is 10.1. The smallest absolute Gasteiger partial charge is 0.320 e. The van der Waals surface area contributed by atoms with Crippen LogP contribution in [0.2, 0.25) is 0 Å². The number of aliphatic hydroxyl groups excluding tert-OH is 1. The van der Waals surface area contributed by atoms with Gasteiger partial charge in [-0.15, -0.1) is 0 Å². The average molecular weight is 230 g/mol. The second kappa shape index (κ2) is 6.18. The average Bonchev–Trinajstić information content (AvgIpc) is 2.28. The van der Waals surface area contributed by atoms with E-state index in [0.29, 0.717) is 5.92 Å². The van der Waals surface area contributed by atoms with Crippen molar-refractivity contribution in [1.29, 1.82) is 0 Å². The highest BCUT2D eigenvalue weighted by atomic mass is 16.4. The maximum atomic E-state index is 10.8. The molecule has 0 bridgehead atoms. The molecule has 94 valence electrons. The lowest BCUT2D eigenvalue weighted by Crippen LogP contribution is -2.52. The van der Waals surface area contributed by atoms with E-state index in [1.807, 2.05) is 11.8 Å². The molecule has 0 aromatic heterocycles. The topological polar surface area (TPSA) is 64.0 Å². The number of aliphatic hydroxyl groups is 1. The summed E-state index contributed by atoms with van der Waals surface area (Å²) < 4.78 is 0. The van der Waals surface area contributed by atoms with E-state index < -0.39 is 12.0 Å². The molecular formula is C11H22N2O3. The lowest BCUT2D eigenvalue weighted by Gasteiger charge is -2.37. The fourth-order valence-electron chi connectivity index (χ4n) is 1.99. The van der Waals surface area contributed by atoms with Crippen molar-refractivity contribution in [2.24, 2.45) is 5.92 Å². The van der Waals surface area contributed by atoms with E-state index >= 15 is 0 Å². The summed E-state index contributed by atoms with van der Waals surface area (Å²) in [6.07, 6.45) is 0. The van der Waals surface area contributed by atoms with E-state index in [1.165, 1.54) is 0 Å². The van der Waals surface area contributed by atoms with Gasteiger partial charge in [-0.05, 0) is 12.8 Å². The molecule has 0 amide bonds. The zero-order chi connectivity index (χ0) is 12.1. The SMILES string of the molecule is CC(CO)CN1CCN(C(C)C(=O)O)CC1. The second-order valence-corrected chi connectivity index (χ2v) is 4.64. The summed E-state index contributed by atoms with van der Waals surface area (Å²) in [7, 11) is 0.